The van der Waals surface area contributed by atoms with Gasteiger partial charge in [-0.2, -0.15) is 0 Å². The first kappa shape index (κ1) is 14.3. The van der Waals surface area contributed by atoms with Crippen LogP contribution in [-0.2, 0) is 4.79 Å². The van der Waals surface area contributed by atoms with E-state index in [0.29, 0.717) is 6.54 Å². The van der Waals surface area contributed by atoms with Gasteiger partial charge in [0.15, 0.2) is 0 Å². The van der Waals surface area contributed by atoms with Crippen molar-refractivity contribution in [2.45, 2.75) is 52.5 Å². The first-order valence-corrected chi connectivity index (χ1v) is 7.33. The van der Waals surface area contributed by atoms with Gasteiger partial charge < -0.3 is 10.6 Å². The Morgan fingerprint density at radius 1 is 1.47 bits per heavy atom. The van der Waals surface area contributed by atoms with Gasteiger partial charge >= 0.3 is 0 Å². The molecule has 1 amide bonds. The Morgan fingerprint density at radius 2 is 2.21 bits per heavy atom. The van der Waals surface area contributed by atoms with Crippen LogP contribution in [0.3, 0.4) is 0 Å². The first-order valence-electron chi connectivity index (χ1n) is 7.33. The van der Waals surface area contributed by atoms with E-state index in [0.717, 1.165) is 19.4 Å². The molecule has 1 fully saturated rings. The number of hydrogen-bond acceptors (Lipinski definition) is 2. The van der Waals surface area contributed by atoms with Crippen LogP contribution in [0.4, 0.5) is 0 Å². The molecule has 0 aromatic rings. The minimum atomic E-state index is 0.106. The maximum absolute atomic E-state index is 12.1. The molecule has 0 saturated carbocycles. The van der Waals surface area contributed by atoms with Crippen molar-refractivity contribution < 1.29 is 4.79 Å². The Balaban J connectivity index is 2.07. The van der Waals surface area contributed by atoms with Crippen molar-refractivity contribution in [1.29, 1.82) is 0 Å². The molecule has 2 N–H and O–H groups in total. The second kappa shape index (κ2) is 5.49. The van der Waals surface area contributed by atoms with Crippen LogP contribution in [-0.4, -0.2) is 29.9 Å². The molecule has 0 bridgehead atoms. The summed E-state index contributed by atoms with van der Waals surface area (Å²) in [6.07, 6.45) is 8.32. The quantitative estimate of drug-likeness (QED) is 0.778. The number of allylic oxidation sites excluding steroid dienone is 3. The molecule has 1 atom stereocenters. The summed E-state index contributed by atoms with van der Waals surface area (Å²) in [5.41, 5.74) is 8.81. The fraction of sp³-hybridized carbons (Fsp3) is 0.688. The van der Waals surface area contributed by atoms with Gasteiger partial charge in [0, 0.05) is 25.2 Å². The molecule has 1 heterocycles. The number of likely N-dealkylation sites (tertiary alicyclic amines) is 1. The van der Waals surface area contributed by atoms with Gasteiger partial charge in [-0.3, -0.25) is 4.79 Å². The standard InChI is InChI=1S/C16H26N2O/c1-12-5-4-9-16(2,3)14(12)6-7-15(19)18-10-8-13(17)11-18/h6-7,13H,4-5,8-11,17H2,1-3H3/b7-6+. The van der Waals surface area contributed by atoms with Crippen LogP contribution in [0.5, 0.6) is 0 Å². The molecule has 19 heavy (non-hydrogen) atoms. The number of hydrogen-bond donors (Lipinski definition) is 1. The summed E-state index contributed by atoms with van der Waals surface area (Å²) in [6.45, 7) is 8.23. The molecular weight excluding hydrogens is 236 g/mol. The van der Waals surface area contributed by atoms with Crippen molar-refractivity contribution in [1.82, 2.24) is 4.90 Å². The Kier molecular flexibility index (Phi) is 4.14. The molecule has 3 heteroatoms. The van der Waals surface area contributed by atoms with Gasteiger partial charge in [-0.15, -0.1) is 0 Å². The maximum atomic E-state index is 12.1. The third-order valence-corrected chi connectivity index (χ3v) is 4.47. The number of nitrogens with zero attached hydrogens (tertiary/aromatic N) is 1. The lowest BCUT2D eigenvalue weighted by atomic mass is 9.72. The molecule has 0 aromatic carbocycles. The van der Waals surface area contributed by atoms with E-state index in [9.17, 15) is 4.79 Å². The van der Waals surface area contributed by atoms with Crippen LogP contribution in [0.2, 0.25) is 0 Å². The van der Waals surface area contributed by atoms with Crippen molar-refractivity contribution in [3.63, 3.8) is 0 Å². The number of carbonyl (C=O) groups is 1. The van der Waals surface area contributed by atoms with E-state index in [1.165, 1.54) is 24.0 Å². The summed E-state index contributed by atoms with van der Waals surface area (Å²) < 4.78 is 0. The predicted octanol–water partition coefficient (Wildman–Crippen LogP) is 2.63. The number of carbonyl (C=O) groups excluding carboxylic acids is 1. The molecule has 0 radical (unpaired) electrons. The lowest BCUT2D eigenvalue weighted by molar-refractivity contribution is -0.125. The zero-order valence-corrected chi connectivity index (χ0v) is 12.4. The van der Waals surface area contributed by atoms with Gasteiger partial charge in [0.1, 0.15) is 0 Å². The van der Waals surface area contributed by atoms with Gasteiger partial charge in [-0.05, 0) is 43.6 Å². The van der Waals surface area contributed by atoms with E-state index in [-0.39, 0.29) is 17.4 Å². The lowest BCUT2D eigenvalue weighted by Crippen LogP contribution is -2.30. The Labute approximate surface area is 116 Å². The van der Waals surface area contributed by atoms with Gasteiger partial charge in [0.05, 0.1) is 0 Å². The van der Waals surface area contributed by atoms with E-state index >= 15 is 0 Å². The molecule has 3 nitrogen and oxygen atoms in total. The van der Waals surface area contributed by atoms with Crippen LogP contribution >= 0.6 is 0 Å². The van der Waals surface area contributed by atoms with Crippen LogP contribution in [0.15, 0.2) is 23.3 Å². The highest BCUT2D eigenvalue weighted by Gasteiger charge is 2.27. The summed E-state index contributed by atoms with van der Waals surface area (Å²) >= 11 is 0. The minimum Gasteiger partial charge on any atom is -0.338 e. The highest BCUT2D eigenvalue weighted by Crippen LogP contribution is 2.40. The zero-order valence-electron chi connectivity index (χ0n) is 12.4. The molecular formula is C16H26N2O. The Morgan fingerprint density at radius 3 is 2.79 bits per heavy atom. The summed E-state index contributed by atoms with van der Waals surface area (Å²) in [7, 11) is 0. The SMILES string of the molecule is CC1=C(/C=C/C(=O)N2CCC(N)C2)C(C)(C)CCC1. The van der Waals surface area contributed by atoms with E-state index in [2.05, 4.69) is 20.8 Å². The van der Waals surface area contributed by atoms with Gasteiger partial charge in [0.2, 0.25) is 5.91 Å². The predicted molar refractivity (Wildman–Crippen MR) is 78.6 cm³/mol. The van der Waals surface area contributed by atoms with Crippen LogP contribution in [0.1, 0.15) is 46.5 Å². The topological polar surface area (TPSA) is 46.3 Å². The average Bonchev–Trinajstić information content (AvgIpc) is 2.74. The fourth-order valence-corrected chi connectivity index (χ4v) is 3.26. The molecule has 1 saturated heterocycles. The van der Waals surface area contributed by atoms with Crippen molar-refractivity contribution in [3.8, 4) is 0 Å². The lowest BCUT2D eigenvalue weighted by Gasteiger charge is -2.33. The normalized spacial score (nSPS) is 27.4. The van der Waals surface area contributed by atoms with Crippen molar-refractivity contribution in [3.05, 3.63) is 23.3 Å². The van der Waals surface area contributed by atoms with E-state index < -0.39 is 0 Å². The van der Waals surface area contributed by atoms with Crippen LogP contribution < -0.4 is 5.73 Å². The number of amides is 1. The Hall–Kier alpha value is -1.09. The monoisotopic (exact) mass is 262 g/mol. The Bertz CT molecular complexity index is 420. The van der Waals surface area contributed by atoms with Gasteiger partial charge in [-0.1, -0.05) is 25.5 Å². The molecule has 0 aromatic heterocycles. The van der Waals surface area contributed by atoms with Crippen molar-refractivity contribution in [2.24, 2.45) is 11.1 Å². The van der Waals surface area contributed by atoms with Crippen LogP contribution in [0.25, 0.3) is 0 Å². The largest absolute Gasteiger partial charge is 0.338 e. The van der Waals surface area contributed by atoms with Gasteiger partial charge in [0.25, 0.3) is 0 Å². The molecule has 1 aliphatic heterocycles. The summed E-state index contributed by atoms with van der Waals surface area (Å²) in [6, 6.07) is 0.157. The first-order chi connectivity index (χ1) is 8.90. The summed E-state index contributed by atoms with van der Waals surface area (Å²) in [4.78, 5) is 14.0. The third-order valence-electron chi connectivity index (χ3n) is 4.47. The second-order valence-electron chi connectivity index (χ2n) is 6.60. The summed E-state index contributed by atoms with van der Waals surface area (Å²) in [5.74, 6) is 0.106. The maximum Gasteiger partial charge on any atom is 0.246 e. The molecule has 2 aliphatic rings. The van der Waals surface area contributed by atoms with Gasteiger partial charge in [-0.25, -0.2) is 0 Å². The molecule has 1 aliphatic carbocycles. The highest BCUT2D eigenvalue weighted by molar-refractivity contribution is 5.88. The second-order valence-corrected chi connectivity index (χ2v) is 6.60. The third kappa shape index (κ3) is 3.27. The van der Waals surface area contributed by atoms with E-state index in [1.54, 1.807) is 6.08 Å². The fourth-order valence-electron chi connectivity index (χ4n) is 3.26. The number of nitrogens with two attached hydrogens (primary N) is 1. The van der Waals surface area contributed by atoms with Crippen LogP contribution in [0, 0.1) is 5.41 Å². The van der Waals surface area contributed by atoms with Crippen molar-refractivity contribution >= 4 is 5.91 Å². The minimum absolute atomic E-state index is 0.106. The van der Waals surface area contributed by atoms with Crippen molar-refractivity contribution in [2.75, 3.05) is 13.1 Å². The zero-order chi connectivity index (χ0) is 14.0. The molecule has 1 unspecified atom stereocenters. The smallest absolute Gasteiger partial charge is 0.246 e. The average molecular weight is 262 g/mol. The highest BCUT2D eigenvalue weighted by atomic mass is 16.2. The molecule has 0 spiro atoms. The molecule has 106 valence electrons. The van der Waals surface area contributed by atoms with E-state index in [1.807, 2.05) is 11.0 Å². The van der Waals surface area contributed by atoms with E-state index in [4.69, 9.17) is 5.73 Å². The summed E-state index contributed by atoms with van der Waals surface area (Å²) in [5, 5.41) is 0. The number of rotatable bonds is 2. The molecule has 2 rings (SSSR count).